The van der Waals surface area contributed by atoms with Crippen molar-refractivity contribution in [3.05, 3.63) is 23.5 Å². The van der Waals surface area contributed by atoms with Crippen LogP contribution in [0.1, 0.15) is 6.42 Å². The minimum Gasteiger partial charge on any atom is -0.383 e. The third-order valence-corrected chi connectivity index (χ3v) is 2.60. The van der Waals surface area contributed by atoms with Crippen LogP contribution in [-0.4, -0.2) is 23.5 Å². The quantitative estimate of drug-likeness (QED) is 0.605. The molecule has 13 heavy (non-hydrogen) atoms. The molecule has 0 aromatic carbocycles. The van der Waals surface area contributed by atoms with Crippen LogP contribution >= 0.6 is 23.4 Å². The highest BCUT2D eigenvalue weighted by atomic mass is 35.5. The standard InChI is InChI=1S/C9H13ClN2S/c1-13-7-3-6-11-8-4-2-5-12-9(8)10/h2,4-5,11H,3,6-7H2,1H3. The zero-order valence-electron chi connectivity index (χ0n) is 7.59. The first-order valence-electron chi connectivity index (χ1n) is 4.18. The molecule has 0 spiro atoms. The van der Waals surface area contributed by atoms with Crippen LogP contribution in [-0.2, 0) is 0 Å². The fourth-order valence-electron chi connectivity index (χ4n) is 0.957. The fraction of sp³-hybridized carbons (Fsp3) is 0.444. The van der Waals surface area contributed by atoms with Gasteiger partial charge in [-0.1, -0.05) is 11.6 Å². The molecule has 0 aliphatic rings. The zero-order valence-corrected chi connectivity index (χ0v) is 9.16. The van der Waals surface area contributed by atoms with Gasteiger partial charge in [0, 0.05) is 12.7 Å². The molecule has 1 N–H and O–H groups in total. The summed E-state index contributed by atoms with van der Waals surface area (Å²) in [4.78, 5) is 3.98. The number of hydrogen-bond donors (Lipinski definition) is 1. The maximum atomic E-state index is 5.86. The molecule has 0 fully saturated rings. The normalized spacial score (nSPS) is 10.0. The third-order valence-electron chi connectivity index (χ3n) is 1.60. The highest BCUT2D eigenvalue weighted by Gasteiger charge is 1.97. The van der Waals surface area contributed by atoms with Gasteiger partial charge in [0.1, 0.15) is 0 Å². The highest BCUT2D eigenvalue weighted by Crippen LogP contribution is 2.17. The molecular formula is C9H13ClN2S. The van der Waals surface area contributed by atoms with Crippen molar-refractivity contribution in [1.29, 1.82) is 0 Å². The number of nitrogens with zero attached hydrogens (tertiary/aromatic N) is 1. The van der Waals surface area contributed by atoms with Crippen LogP contribution < -0.4 is 5.32 Å². The van der Waals surface area contributed by atoms with Crippen molar-refractivity contribution in [3.63, 3.8) is 0 Å². The van der Waals surface area contributed by atoms with Gasteiger partial charge in [-0.15, -0.1) is 0 Å². The van der Waals surface area contributed by atoms with E-state index in [1.54, 1.807) is 6.20 Å². The van der Waals surface area contributed by atoms with Gasteiger partial charge in [0.05, 0.1) is 5.69 Å². The van der Waals surface area contributed by atoms with Gasteiger partial charge in [0.15, 0.2) is 5.15 Å². The Hall–Kier alpha value is -0.410. The molecule has 2 nitrogen and oxygen atoms in total. The lowest BCUT2D eigenvalue weighted by atomic mass is 10.4. The summed E-state index contributed by atoms with van der Waals surface area (Å²) >= 11 is 7.71. The fourth-order valence-corrected chi connectivity index (χ4v) is 1.58. The topological polar surface area (TPSA) is 24.9 Å². The van der Waals surface area contributed by atoms with E-state index < -0.39 is 0 Å². The Labute approximate surface area is 88.1 Å². The SMILES string of the molecule is CSCCCNc1cccnc1Cl. The summed E-state index contributed by atoms with van der Waals surface area (Å²) in [6.07, 6.45) is 4.94. The number of aromatic nitrogens is 1. The Morgan fingerprint density at radius 2 is 2.46 bits per heavy atom. The molecule has 1 heterocycles. The van der Waals surface area contributed by atoms with Crippen LogP contribution in [0.5, 0.6) is 0 Å². The lowest BCUT2D eigenvalue weighted by molar-refractivity contribution is 0.991. The summed E-state index contributed by atoms with van der Waals surface area (Å²) in [7, 11) is 0. The van der Waals surface area contributed by atoms with Crippen molar-refractivity contribution >= 4 is 29.1 Å². The van der Waals surface area contributed by atoms with E-state index in [0.717, 1.165) is 18.7 Å². The molecule has 0 saturated carbocycles. The van der Waals surface area contributed by atoms with E-state index in [0.29, 0.717) is 5.15 Å². The van der Waals surface area contributed by atoms with E-state index in [2.05, 4.69) is 16.6 Å². The molecule has 1 aromatic rings. The Balaban J connectivity index is 2.32. The van der Waals surface area contributed by atoms with Crippen LogP contribution in [0.2, 0.25) is 5.15 Å². The first-order valence-corrected chi connectivity index (χ1v) is 5.95. The second kappa shape index (κ2) is 6.11. The maximum Gasteiger partial charge on any atom is 0.152 e. The Morgan fingerprint density at radius 1 is 1.62 bits per heavy atom. The first-order chi connectivity index (χ1) is 6.34. The average Bonchev–Trinajstić information content (AvgIpc) is 2.15. The zero-order chi connectivity index (χ0) is 9.52. The predicted molar refractivity (Wildman–Crippen MR) is 60.7 cm³/mol. The number of rotatable bonds is 5. The van der Waals surface area contributed by atoms with Crippen LogP contribution in [0.25, 0.3) is 0 Å². The van der Waals surface area contributed by atoms with Gasteiger partial charge in [-0.2, -0.15) is 11.8 Å². The molecule has 0 atom stereocenters. The molecule has 0 bridgehead atoms. The molecule has 0 amide bonds. The molecule has 0 aliphatic carbocycles. The Morgan fingerprint density at radius 3 is 3.15 bits per heavy atom. The maximum absolute atomic E-state index is 5.86. The Kier molecular flexibility index (Phi) is 5.01. The number of hydrogen-bond acceptors (Lipinski definition) is 3. The van der Waals surface area contributed by atoms with Gasteiger partial charge >= 0.3 is 0 Å². The summed E-state index contributed by atoms with van der Waals surface area (Å²) in [6, 6.07) is 3.82. The van der Waals surface area contributed by atoms with Gasteiger partial charge in [-0.05, 0) is 30.6 Å². The average molecular weight is 217 g/mol. The largest absolute Gasteiger partial charge is 0.383 e. The molecule has 1 rings (SSSR count). The highest BCUT2D eigenvalue weighted by molar-refractivity contribution is 7.98. The summed E-state index contributed by atoms with van der Waals surface area (Å²) in [5.74, 6) is 1.17. The number of pyridine rings is 1. The van der Waals surface area contributed by atoms with E-state index >= 15 is 0 Å². The van der Waals surface area contributed by atoms with Gasteiger partial charge in [-0.25, -0.2) is 4.98 Å². The van der Waals surface area contributed by atoms with Crippen molar-refractivity contribution in [1.82, 2.24) is 4.98 Å². The predicted octanol–water partition coefficient (Wildman–Crippen LogP) is 2.90. The molecular weight excluding hydrogens is 204 g/mol. The molecule has 0 unspecified atom stereocenters. The second-order valence-corrected chi connectivity index (χ2v) is 3.96. The van der Waals surface area contributed by atoms with Crippen molar-refractivity contribution in [3.8, 4) is 0 Å². The molecule has 4 heteroatoms. The molecule has 0 radical (unpaired) electrons. The van der Waals surface area contributed by atoms with Gasteiger partial charge in [-0.3, -0.25) is 0 Å². The molecule has 0 saturated heterocycles. The summed E-state index contributed by atoms with van der Waals surface area (Å²) in [6.45, 7) is 0.951. The van der Waals surface area contributed by atoms with E-state index in [-0.39, 0.29) is 0 Å². The molecule has 1 aromatic heterocycles. The minimum absolute atomic E-state index is 0.548. The van der Waals surface area contributed by atoms with E-state index in [4.69, 9.17) is 11.6 Å². The number of nitrogens with one attached hydrogen (secondary N) is 1. The molecule has 72 valence electrons. The van der Waals surface area contributed by atoms with Crippen molar-refractivity contribution in [2.24, 2.45) is 0 Å². The lowest BCUT2D eigenvalue weighted by Gasteiger charge is -2.05. The van der Waals surface area contributed by atoms with Crippen molar-refractivity contribution in [2.75, 3.05) is 23.9 Å². The number of thioether (sulfide) groups is 1. The van der Waals surface area contributed by atoms with Crippen LogP contribution in [0.15, 0.2) is 18.3 Å². The van der Waals surface area contributed by atoms with E-state index in [9.17, 15) is 0 Å². The van der Waals surface area contributed by atoms with E-state index in [1.165, 1.54) is 5.75 Å². The molecule has 0 aliphatic heterocycles. The number of halogens is 1. The van der Waals surface area contributed by atoms with Crippen molar-refractivity contribution in [2.45, 2.75) is 6.42 Å². The van der Waals surface area contributed by atoms with Crippen molar-refractivity contribution < 1.29 is 0 Å². The van der Waals surface area contributed by atoms with Gasteiger partial charge in [0.25, 0.3) is 0 Å². The van der Waals surface area contributed by atoms with Crippen LogP contribution in [0, 0.1) is 0 Å². The van der Waals surface area contributed by atoms with Crippen LogP contribution in [0.3, 0.4) is 0 Å². The van der Waals surface area contributed by atoms with Crippen LogP contribution in [0.4, 0.5) is 5.69 Å². The van der Waals surface area contributed by atoms with Gasteiger partial charge in [0.2, 0.25) is 0 Å². The smallest absolute Gasteiger partial charge is 0.152 e. The monoisotopic (exact) mass is 216 g/mol. The summed E-state index contributed by atoms with van der Waals surface area (Å²) < 4.78 is 0. The Bertz CT molecular complexity index is 255. The number of anilines is 1. The van der Waals surface area contributed by atoms with Gasteiger partial charge < -0.3 is 5.32 Å². The minimum atomic E-state index is 0.548. The summed E-state index contributed by atoms with van der Waals surface area (Å²) in [5, 5.41) is 3.79. The first kappa shape index (κ1) is 10.7. The lowest BCUT2D eigenvalue weighted by Crippen LogP contribution is -2.03. The third kappa shape index (κ3) is 3.87. The summed E-state index contributed by atoms with van der Waals surface area (Å²) in [5.41, 5.74) is 0.922. The van der Waals surface area contributed by atoms with E-state index in [1.807, 2.05) is 23.9 Å². The second-order valence-electron chi connectivity index (χ2n) is 2.61.